The van der Waals surface area contributed by atoms with E-state index in [0.717, 1.165) is 31.7 Å². The molecule has 0 bridgehead atoms. The Bertz CT molecular complexity index is 385. The first-order valence-electron chi connectivity index (χ1n) is 5.68. The number of aromatic nitrogens is 2. The average Bonchev–Trinajstić information content (AvgIpc) is 2.88. The van der Waals surface area contributed by atoms with Crippen molar-refractivity contribution in [1.82, 2.24) is 15.1 Å². The van der Waals surface area contributed by atoms with Crippen molar-refractivity contribution >= 4 is 5.97 Å². The Hall–Kier alpha value is -1.40. The molecule has 1 aliphatic rings. The summed E-state index contributed by atoms with van der Waals surface area (Å²) in [7, 11) is 1.98. The van der Waals surface area contributed by atoms with Crippen LogP contribution in [0.1, 0.15) is 22.5 Å². The van der Waals surface area contributed by atoms with Crippen LogP contribution in [0, 0.1) is 5.92 Å². The topological polar surface area (TPSA) is 78.5 Å². The summed E-state index contributed by atoms with van der Waals surface area (Å²) in [5, 5.41) is 15.2. The van der Waals surface area contributed by atoms with E-state index in [4.69, 9.17) is 9.84 Å². The number of carboxylic acids is 1. The van der Waals surface area contributed by atoms with Crippen molar-refractivity contribution in [2.24, 2.45) is 5.92 Å². The molecular formula is C11H17N3O3. The molecule has 6 heteroatoms. The Kier molecular flexibility index (Phi) is 3.75. The second kappa shape index (κ2) is 5.29. The Balaban J connectivity index is 1.90. The largest absolute Gasteiger partial charge is 0.477 e. The summed E-state index contributed by atoms with van der Waals surface area (Å²) in [6, 6.07) is 0. The van der Waals surface area contributed by atoms with E-state index in [1.165, 1.54) is 0 Å². The molecule has 1 aromatic rings. The fraction of sp³-hybridized carbons (Fsp3) is 0.636. The molecule has 1 saturated heterocycles. The molecular weight excluding hydrogens is 222 g/mol. The Morgan fingerprint density at radius 2 is 2.59 bits per heavy atom. The zero-order valence-corrected chi connectivity index (χ0v) is 9.85. The minimum Gasteiger partial charge on any atom is -0.477 e. The quantitative estimate of drug-likeness (QED) is 0.785. The van der Waals surface area contributed by atoms with Gasteiger partial charge in [0.25, 0.3) is 0 Å². The second-order valence-corrected chi connectivity index (χ2v) is 4.50. The summed E-state index contributed by atoms with van der Waals surface area (Å²) >= 11 is 0. The predicted octanol–water partition coefficient (Wildman–Crippen LogP) is 0.576. The minimum absolute atomic E-state index is 0.180. The van der Waals surface area contributed by atoms with Crippen LogP contribution < -0.4 is 0 Å². The van der Waals surface area contributed by atoms with Crippen molar-refractivity contribution < 1.29 is 14.6 Å². The summed E-state index contributed by atoms with van der Waals surface area (Å²) in [6.45, 7) is 3.16. The SMILES string of the molecule is CN(Cc1cn[nH]c1C(=O)O)C[C@H]1CCOC1. The van der Waals surface area contributed by atoms with Gasteiger partial charge in [-0.3, -0.25) is 5.10 Å². The van der Waals surface area contributed by atoms with Crippen molar-refractivity contribution in [3.8, 4) is 0 Å². The second-order valence-electron chi connectivity index (χ2n) is 4.50. The van der Waals surface area contributed by atoms with Crippen LogP contribution >= 0.6 is 0 Å². The number of aromatic amines is 1. The number of aromatic carboxylic acids is 1. The number of H-pyrrole nitrogens is 1. The molecule has 1 atom stereocenters. The molecule has 0 radical (unpaired) electrons. The van der Waals surface area contributed by atoms with E-state index in [0.29, 0.717) is 12.5 Å². The highest BCUT2D eigenvalue weighted by Crippen LogP contribution is 2.15. The van der Waals surface area contributed by atoms with Crippen molar-refractivity contribution in [3.63, 3.8) is 0 Å². The number of nitrogens with one attached hydrogen (secondary N) is 1. The normalized spacial score (nSPS) is 20.0. The molecule has 94 valence electrons. The number of hydrogen-bond donors (Lipinski definition) is 2. The van der Waals surface area contributed by atoms with Gasteiger partial charge in [-0.25, -0.2) is 4.79 Å². The molecule has 1 aliphatic heterocycles. The molecule has 6 nitrogen and oxygen atoms in total. The molecule has 2 heterocycles. The third kappa shape index (κ3) is 3.04. The lowest BCUT2D eigenvalue weighted by molar-refractivity contribution is 0.0688. The molecule has 0 spiro atoms. The standard InChI is InChI=1S/C11H17N3O3/c1-14(5-8-2-3-17-7-8)6-9-4-12-13-10(9)11(15)16/h4,8H,2-3,5-7H2,1H3,(H,12,13)(H,15,16)/t8-/m1/s1. The monoisotopic (exact) mass is 239 g/mol. The van der Waals surface area contributed by atoms with Gasteiger partial charge in [0.15, 0.2) is 0 Å². The zero-order chi connectivity index (χ0) is 12.3. The fourth-order valence-corrected chi connectivity index (χ4v) is 2.14. The first-order valence-corrected chi connectivity index (χ1v) is 5.68. The van der Waals surface area contributed by atoms with Crippen LogP contribution in [0.25, 0.3) is 0 Å². The number of carboxylic acid groups (broad SMARTS) is 1. The Labute approximate surface area is 99.6 Å². The van der Waals surface area contributed by atoms with E-state index in [2.05, 4.69) is 15.1 Å². The van der Waals surface area contributed by atoms with Crippen molar-refractivity contribution in [2.75, 3.05) is 26.8 Å². The van der Waals surface area contributed by atoms with Crippen LogP contribution in [0.2, 0.25) is 0 Å². The van der Waals surface area contributed by atoms with Crippen LogP contribution in [0.3, 0.4) is 0 Å². The molecule has 0 aliphatic carbocycles. The lowest BCUT2D eigenvalue weighted by Crippen LogP contribution is -2.26. The minimum atomic E-state index is -0.963. The molecule has 17 heavy (non-hydrogen) atoms. The third-order valence-electron chi connectivity index (χ3n) is 2.97. The maximum atomic E-state index is 10.9. The Morgan fingerprint density at radius 3 is 3.24 bits per heavy atom. The summed E-state index contributed by atoms with van der Waals surface area (Å²) in [5.74, 6) is -0.407. The first-order chi connectivity index (χ1) is 8.16. The third-order valence-corrected chi connectivity index (χ3v) is 2.97. The van der Waals surface area contributed by atoms with Crippen LogP contribution in [0.5, 0.6) is 0 Å². The fourth-order valence-electron chi connectivity index (χ4n) is 2.14. The van der Waals surface area contributed by atoms with Crippen molar-refractivity contribution in [1.29, 1.82) is 0 Å². The molecule has 0 unspecified atom stereocenters. The van der Waals surface area contributed by atoms with Gasteiger partial charge in [0.2, 0.25) is 0 Å². The summed E-state index contributed by atoms with van der Waals surface area (Å²) in [6.07, 6.45) is 2.66. The van der Waals surface area contributed by atoms with E-state index < -0.39 is 5.97 Å². The van der Waals surface area contributed by atoms with Crippen LogP contribution in [-0.4, -0.2) is 53.0 Å². The van der Waals surface area contributed by atoms with Gasteiger partial charge in [-0.2, -0.15) is 5.10 Å². The number of nitrogens with zero attached hydrogens (tertiary/aromatic N) is 2. The maximum absolute atomic E-state index is 10.9. The van der Waals surface area contributed by atoms with E-state index in [9.17, 15) is 4.79 Å². The number of hydrogen-bond acceptors (Lipinski definition) is 4. The van der Waals surface area contributed by atoms with E-state index >= 15 is 0 Å². The lowest BCUT2D eigenvalue weighted by Gasteiger charge is -2.19. The highest BCUT2D eigenvalue weighted by atomic mass is 16.5. The van der Waals surface area contributed by atoms with Crippen LogP contribution in [0.15, 0.2) is 6.20 Å². The highest BCUT2D eigenvalue weighted by Gasteiger charge is 2.19. The molecule has 0 aromatic carbocycles. The summed E-state index contributed by atoms with van der Waals surface area (Å²) in [4.78, 5) is 13.0. The number of rotatable bonds is 5. The Morgan fingerprint density at radius 1 is 1.76 bits per heavy atom. The lowest BCUT2D eigenvalue weighted by atomic mass is 10.1. The number of ether oxygens (including phenoxy) is 1. The molecule has 0 saturated carbocycles. The van der Waals surface area contributed by atoms with Gasteiger partial charge in [-0.1, -0.05) is 0 Å². The van der Waals surface area contributed by atoms with Gasteiger partial charge >= 0.3 is 5.97 Å². The molecule has 1 fully saturated rings. The summed E-state index contributed by atoms with van der Waals surface area (Å²) in [5.41, 5.74) is 0.901. The smallest absolute Gasteiger partial charge is 0.354 e. The van der Waals surface area contributed by atoms with Gasteiger partial charge < -0.3 is 14.7 Å². The van der Waals surface area contributed by atoms with Gasteiger partial charge in [-0.15, -0.1) is 0 Å². The average molecular weight is 239 g/mol. The number of carbonyl (C=O) groups is 1. The molecule has 2 rings (SSSR count). The van der Waals surface area contributed by atoms with Crippen LogP contribution in [0.4, 0.5) is 0 Å². The molecule has 0 amide bonds. The van der Waals surface area contributed by atoms with Crippen molar-refractivity contribution in [2.45, 2.75) is 13.0 Å². The van der Waals surface area contributed by atoms with Gasteiger partial charge in [0, 0.05) is 25.3 Å². The first kappa shape index (κ1) is 12.1. The van der Waals surface area contributed by atoms with Crippen LogP contribution in [-0.2, 0) is 11.3 Å². The zero-order valence-electron chi connectivity index (χ0n) is 9.85. The van der Waals surface area contributed by atoms with Gasteiger partial charge in [0.05, 0.1) is 12.8 Å². The van der Waals surface area contributed by atoms with E-state index in [1.807, 2.05) is 7.05 Å². The van der Waals surface area contributed by atoms with E-state index in [1.54, 1.807) is 6.20 Å². The molecule has 1 aromatic heterocycles. The van der Waals surface area contributed by atoms with Crippen molar-refractivity contribution in [3.05, 3.63) is 17.5 Å². The highest BCUT2D eigenvalue weighted by molar-refractivity contribution is 5.86. The van der Waals surface area contributed by atoms with Gasteiger partial charge in [0.1, 0.15) is 5.69 Å². The predicted molar refractivity (Wildman–Crippen MR) is 60.8 cm³/mol. The van der Waals surface area contributed by atoms with E-state index in [-0.39, 0.29) is 5.69 Å². The summed E-state index contributed by atoms with van der Waals surface area (Å²) < 4.78 is 5.32. The maximum Gasteiger partial charge on any atom is 0.354 e. The van der Waals surface area contributed by atoms with Gasteiger partial charge in [-0.05, 0) is 19.4 Å². The molecule has 2 N–H and O–H groups in total.